The topological polar surface area (TPSA) is 40.5 Å². The highest BCUT2D eigenvalue weighted by Gasteiger charge is 2.18. The first-order valence-electron chi connectivity index (χ1n) is 3.03. The fourth-order valence-electron chi connectivity index (χ4n) is 0.800. The Morgan fingerprint density at radius 2 is 1.42 bits per heavy atom. The van der Waals surface area contributed by atoms with Crippen LogP contribution in [0.1, 0.15) is 0 Å². The molecule has 12 heavy (non-hydrogen) atoms. The van der Waals surface area contributed by atoms with Crippen molar-refractivity contribution in [3.05, 3.63) is 25.6 Å². The Kier molecular flexibility index (Phi) is 3.79. The molecule has 0 heterocycles. The van der Waals surface area contributed by atoms with E-state index in [9.17, 15) is 0 Å². The lowest BCUT2D eigenvalue weighted by Crippen LogP contribution is -2.32. The monoisotopic (exact) mass is 356 g/mol. The van der Waals surface area contributed by atoms with Gasteiger partial charge in [0, 0.05) is 18.9 Å². The molecular weight excluding hydrogens is 355 g/mol. The smallest absolute Gasteiger partial charge is 0.423 e. The Balaban J connectivity index is 3.28. The van der Waals surface area contributed by atoms with E-state index in [1.807, 2.05) is 0 Å². The summed E-state index contributed by atoms with van der Waals surface area (Å²) in [6.45, 7) is 0. The van der Waals surface area contributed by atoms with Crippen molar-refractivity contribution >= 4 is 60.4 Å². The Hall–Kier alpha value is 0.645. The van der Waals surface area contributed by atoms with Gasteiger partial charge in [0.15, 0.2) is 0 Å². The lowest BCUT2D eigenvalue weighted by Gasteiger charge is -2.06. The third-order valence-corrected chi connectivity index (χ3v) is 3.07. The van der Waals surface area contributed by atoms with E-state index in [-0.39, 0.29) is 0 Å². The molecule has 2 nitrogen and oxygen atoms in total. The van der Waals surface area contributed by atoms with Gasteiger partial charge in [0.1, 0.15) is 0 Å². The Morgan fingerprint density at radius 1 is 1.00 bits per heavy atom. The summed E-state index contributed by atoms with van der Waals surface area (Å²) in [6.07, 6.45) is 0. The minimum Gasteiger partial charge on any atom is -0.423 e. The van der Waals surface area contributed by atoms with Crippen LogP contribution in [0.5, 0.6) is 0 Å². The van der Waals surface area contributed by atoms with Gasteiger partial charge in [-0.15, -0.1) is 0 Å². The standard InChI is InChI=1S/C6H4BBr3O2/c8-3-1-4(9)6(7(11)12)5(10)2-3/h1-2,11-12H. The molecule has 1 aromatic carbocycles. The van der Waals surface area contributed by atoms with E-state index in [4.69, 9.17) is 10.0 Å². The molecule has 0 aliphatic carbocycles. The van der Waals surface area contributed by atoms with Crippen LogP contribution < -0.4 is 5.46 Å². The van der Waals surface area contributed by atoms with Gasteiger partial charge in [-0.2, -0.15) is 0 Å². The maximum atomic E-state index is 8.96. The SMILES string of the molecule is OB(O)c1c(Br)cc(Br)cc1Br. The van der Waals surface area contributed by atoms with Crippen molar-refractivity contribution < 1.29 is 10.0 Å². The summed E-state index contributed by atoms with van der Waals surface area (Å²) in [6, 6.07) is 3.50. The van der Waals surface area contributed by atoms with Gasteiger partial charge < -0.3 is 10.0 Å². The van der Waals surface area contributed by atoms with Gasteiger partial charge in [-0.05, 0) is 12.1 Å². The Bertz CT molecular complexity index is 280. The first-order chi connectivity index (χ1) is 5.52. The highest BCUT2D eigenvalue weighted by molar-refractivity contribution is 9.11. The maximum absolute atomic E-state index is 8.96. The number of halogens is 3. The van der Waals surface area contributed by atoms with Crippen LogP contribution in [0.25, 0.3) is 0 Å². The van der Waals surface area contributed by atoms with Crippen molar-refractivity contribution in [1.29, 1.82) is 0 Å². The second-order valence-electron chi connectivity index (χ2n) is 2.16. The first kappa shape index (κ1) is 10.7. The van der Waals surface area contributed by atoms with Crippen molar-refractivity contribution in [2.24, 2.45) is 0 Å². The molecule has 0 atom stereocenters. The number of benzene rings is 1. The summed E-state index contributed by atoms with van der Waals surface area (Å²) in [5.41, 5.74) is 0.429. The van der Waals surface area contributed by atoms with Crippen LogP contribution in [0.4, 0.5) is 0 Å². The van der Waals surface area contributed by atoms with Crippen molar-refractivity contribution in [3.63, 3.8) is 0 Å². The minimum atomic E-state index is -1.47. The Morgan fingerprint density at radius 3 is 1.75 bits per heavy atom. The molecule has 2 N–H and O–H groups in total. The van der Waals surface area contributed by atoms with E-state index in [1.165, 1.54) is 0 Å². The van der Waals surface area contributed by atoms with E-state index in [2.05, 4.69) is 47.8 Å². The summed E-state index contributed by atoms with van der Waals surface area (Å²) in [7, 11) is -1.47. The average molecular weight is 359 g/mol. The van der Waals surface area contributed by atoms with Gasteiger partial charge in [0.25, 0.3) is 0 Å². The largest absolute Gasteiger partial charge is 0.490 e. The predicted molar refractivity (Wildman–Crippen MR) is 59.4 cm³/mol. The summed E-state index contributed by atoms with van der Waals surface area (Å²) < 4.78 is 2.17. The molecule has 64 valence electrons. The fourth-order valence-corrected chi connectivity index (χ4v) is 3.47. The third kappa shape index (κ3) is 2.32. The first-order valence-corrected chi connectivity index (χ1v) is 5.41. The van der Waals surface area contributed by atoms with Gasteiger partial charge in [-0.25, -0.2) is 0 Å². The lowest BCUT2D eigenvalue weighted by molar-refractivity contribution is 0.425. The molecule has 0 radical (unpaired) electrons. The number of rotatable bonds is 1. The zero-order chi connectivity index (χ0) is 9.30. The van der Waals surface area contributed by atoms with Crippen molar-refractivity contribution in [2.45, 2.75) is 0 Å². The van der Waals surface area contributed by atoms with Crippen LogP contribution in [-0.2, 0) is 0 Å². The molecule has 0 spiro atoms. The molecule has 0 aliphatic heterocycles. The van der Waals surface area contributed by atoms with Gasteiger partial charge in [-0.1, -0.05) is 47.8 Å². The van der Waals surface area contributed by atoms with Gasteiger partial charge in [0.05, 0.1) is 0 Å². The quantitative estimate of drug-likeness (QED) is 0.750. The molecule has 0 bridgehead atoms. The second-order valence-corrected chi connectivity index (χ2v) is 4.78. The van der Waals surface area contributed by atoms with E-state index >= 15 is 0 Å². The Labute approximate surface area is 95.5 Å². The van der Waals surface area contributed by atoms with Crippen molar-refractivity contribution in [2.75, 3.05) is 0 Å². The molecule has 0 unspecified atom stereocenters. The third-order valence-electron chi connectivity index (χ3n) is 1.30. The molecule has 0 saturated heterocycles. The predicted octanol–water partition coefficient (Wildman–Crippen LogP) is 1.65. The minimum absolute atomic E-state index is 0.429. The summed E-state index contributed by atoms with van der Waals surface area (Å²) in [4.78, 5) is 0. The fraction of sp³-hybridized carbons (Fsp3) is 0. The molecule has 1 rings (SSSR count). The van der Waals surface area contributed by atoms with Crippen molar-refractivity contribution in [3.8, 4) is 0 Å². The summed E-state index contributed by atoms with van der Waals surface area (Å²) in [5, 5.41) is 17.9. The van der Waals surface area contributed by atoms with E-state index in [1.54, 1.807) is 12.1 Å². The molecule has 0 aromatic heterocycles. The zero-order valence-corrected chi connectivity index (χ0v) is 10.5. The van der Waals surface area contributed by atoms with Crippen LogP contribution >= 0.6 is 47.8 Å². The van der Waals surface area contributed by atoms with Gasteiger partial charge in [-0.3, -0.25) is 0 Å². The highest BCUT2D eigenvalue weighted by Crippen LogP contribution is 2.21. The maximum Gasteiger partial charge on any atom is 0.490 e. The molecule has 0 aliphatic rings. The normalized spacial score (nSPS) is 10.1. The summed E-state index contributed by atoms with van der Waals surface area (Å²) >= 11 is 9.71. The molecule has 0 fully saturated rings. The van der Waals surface area contributed by atoms with Crippen LogP contribution in [0.15, 0.2) is 25.6 Å². The van der Waals surface area contributed by atoms with Crippen LogP contribution in [0.2, 0.25) is 0 Å². The number of hydrogen-bond acceptors (Lipinski definition) is 2. The molecule has 0 saturated carbocycles. The van der Waals surface area contributed by atoms with E-state index < -0.39 is 7.12 Å². The molecular formula is C6H4BBr3O2. The second kappa shape index (κ2) is 4.24. The van der Waals surface area contributed by atoms with E-state index in [0.717, 1.165) is 4.47 Å². The van der Waals surface area contributed by atoms with Crippen LogP contribution in [0.3, 0.4) is 0 Å². The molecule has 1 aromatic rings. The van der Waals surface area contributed by atoms with E-state index in [0.29, 0.717) is 14.4 Å². The highest BCUT2D eigenvalue weighted by atomic mass is 79.9. The van der Waals surface area contributed by atoms with Crippen LogP contribution in [0, 0.1) is 0 Å². The zero-order valence-electron chi connectivity index (χ0n) is 5.76. The molecule has 6 heteroatoms. The van der Waals surface area contributed by atoms with Crippen molar-refractivity contribution in [1.82, 2.24) is 0 Å². The number of hydrogen-bond donors (Lipinski definition) is 2. The van der Waals surface area contributed by atoms with Crippen LogP contribution in [-0.4, -0.2) is 17.2 Å². The lowest BCUT2D eigenvalue weighted by atomic mass is 9.80. The average Bonchev–Trinajstić information content (AvgIpc) is 1.82. The molecule has 0 amide bonds. The van der Waals surface area contributed by atoms with Gasteiger partial charge in [0.2, 0.25) is 0 Å². The summed E-state index contributed by atoms with van der Waals surface area (Å²) in [5.74, 6) is 0. The van der Waals surface area contributed by atoms with Gasteiger partial charge >= 0.3 is 7.12 Å².